The summed E-state index contributed by atoms with van der Waals surface area (Å²) in [4.78, 5) is 24.3. The lowest BCUT2D eigenvalue weighted by Gasteiger charge is -2.14. The summed E-state index contributed by atoms with van der Waals surface area (Å²) in [6.45, 7) is 0. The van der Waals surface area contributed by atoms with Crippen LogP contribution >= 0.6 is 0 Å². The van der Waals surface area contributed by atoms with E-state index in [2.05, 4.69) is 34.9 Å². The van der Waals surface area contributed by atoms with Gasteiger partial charge in [-0.1, -0.05) is 18.2 Å². The SMILES string of the molecule is Fc1c(F)c(-c2c3nc(c(-c4c(F)c(F)c(-c5ccccn5)c(F)c4F)c4ccc([nH]4)c4ccc([nH]4)c(-c4c(F)c(F)c(-c5ccccn5)c(F)c4F)c4ccc2[nH]4)C=C3)c(F)c(F)c1-c1ccccn1. The lowest BCUT2D eigenvalue weighted by molar-refractivity contribution is 0.462. The van der Waals surface area contributed by atoms with Crippen molar-refractivity contribution < 1.29 is 52.7 Å². The smallest absolute Gasteiger partial charge is 0.172 e. The summed E-state index contributed by atoms with van der Waals surface area (Å²) in [5, 5.41) is 0. The summed E-state index contributed by atoms with van der Waals surface area (Å²) in [7, 11) is 0. The molecular weight excluding hydrogens is 951 g/mol. The second-order valence-electron chi connectivity index (χ2n) is 15.9. The third-order valence-electron chi connectivity index (χ3n) is 11.9. The number of benzene rings is 3. The van der Waals surface area contributed by atoms with Gasteiger partial charge in [-0.2, -0.15) is 0 Å². The van der Waals surface area contributed by atoms with Crippen molar-refractivity contribution in [3.63, 3.8) is 0 Å². The molecule has 1 aliphatic rings. The van der Waals surface area contributed by atoms with Crippen molar-refractivity contribution in [2.45, 2.75) is 0 Å². The zero-order valence-electron chi connectivity index (χ0n) is 35.4. The molecule has 0 radical (unpaired) electrons. The topological polar surface area (TPSA) is 98.9 Å². The summed E-state index contributed by atoms with van der Waals surface area (Å²) < 4.78 is 197. The van der Waals surface area contributed by atoms with Crippen LogP contribution in [0.25, 0.3) is 112 Å². The third kappa shape index (κ3) is 6.93. The van der Waals surface area contributed by atoms with E-state index in [1.54, 1.807) is 0 Å². The molecule has 7 aromatic heterocycles. The van der Waals surface area contributed by atoms with E-state index in [0.717, 1.165) is 61.1 Å². The highest BCUT2D eigenvalue weighted by atomic mass is 19.2. The van der Waals surface area contributed by atoms with E-state index in [-0.39, 0.29) is 22.1 Å². The Bertz CT molecular complexity index is 3930. The molecule has 3 N–H and O–H groups in total. The molecular formula is C52H23F12N7. The van der Waals surface area contributed by atoms with Gasteiger partial charge in [0.05, 0.1) is 72.9 Å². The predicted octanol–water partition coefficient (Wildman–Crippen LogP) is 14.6. The fraction of sp³-hybridized carbons (Fsp3) is 0. The summed E-state index contributed by atoms with van der Waals surface area (Å²) >= 11 is 0. The summed E-state index contributed by atoms with van der Waals surface area (Å²) in [5.41, 5.74) is -13.8. The number of nitrogens with one attached hydrogen (secondary N) is 3. The number of aromatic amines is 3. The van der Waals surface area contributed by atoms with Crippen LogP contribution in [0.4, 0.5) is 52.7 Å². The Morgan fingerprint density at radius 3 is 0.803 bits per heavy atom. The number of H-pyrrole nitrogens is 3. The summed E-state index contributed by atoms with van der Waals surface area (Å²) in [6, 6.07) is 18.6. The Labute approximate surface area is 389 Å². The summed E-state index contributed by atoms with van der Waals surface area (Å²) in [5.74, 6) is -23.1. The van der Waals surface area contributed by atoms with Gasteiger partial charge in [-0.15, -0.1) is 0 Å². The first-order chi connectivity index (χ1) is 34.2. The highest BCUT2D eigenvalue weighted by Crippen LogP contribution is 2.45. The van der Waals surface area contributed by atoms with Gasteiger partial charge < -0.3 is 15.0 Å². The standard InChI is InChI=1S/C52H23F12N7/c53-41-35(23-7-1-4-18-65-23)42(54)48(60)38(47(41)59)32-26-12-10-21(68-26)22-11-13-27(69-22)33(39-49(61)43(55)36(44(56)50(39)62)24-8-2-5-19-66-24)29-15-17-31(71-29)34(30-16-14-28(32)70-30)40-51(63)45(57)37(46(58)52(40)64)25-9-3-6-20-67-25/h1-20,68-70H. The Kier molecular flexibility index (Phi) is 10.6. The maximum atomic E-state index is 16.8. The average molecular weight is 974 g/mol. The van der Waals surface area contributed by atoms with Crippen LogP contribution in [-0.4, -0.2) is 34.9 Å². The molecule has 7 nitrogen and oxygen atoms in total. The molecule has 0 saturated carbocycles. The minimum Gasteiger partial charge on any atom is -0.354 e. The van der Waals surface area contributed by atoms with Gasteiger partial charge in [-0.3, -0.25) is 15.0 Å². The van der Waals surface area contributed by atoms with Crippen LogP contribution in [0.3, 0.4) is 0 Å². The van der Waals surface area contributed by atoms with Crippen LogP contribution in [0.1, 0.15) is 11.4 Å². The monoisotopic (exact) mass is 973 g/mol. The van der Waals surface area contributed by atoms with Crippen molar-refractivity contribution in [1.29, 1.82) is 0 Å². The first-order valence-corrected chi connectivity index (χ1v) is 20.9. The van der Waals surface area contributed by atoms with Gasteiger partial charge in [0.2, 0.25) is 0 Å². The van der Waals surface area contributed by atoms with Gasteiger partial charge in [0.25, 0.3) is 0 Å². The van der Waals surface area contributed by atoms with Crippen LogP contribution in [0.2, 0.25) is 0 Å². The number of rotatable bonds is 6. The third-order valence-corrected chi connectivity index (χ3v) is 11.9. The van der Waals surface area contributed by atoms with Crippen molar-refractivity contribution in [3.8, 4) is 67.2 Å². The molecule has 3 aromatic carbocycles. The normalized spacial score (nSPS) is 11.9. The van der Waals surface area contributed by atoms with Crippen LogP contribution in [0.15, 0.2) is 110 Å². The first-order valence-electron chi connectivity index (χ1n) is 20.9. The van der Waals surface area contributed by atoms with E-state index in [0.29, 0.717) is 0 Å². The number of nitrogens with zero attached hydrogens (tertiary/aromatic N) is 4. The Balaban J connectivity index is 1.30. The zero-order chi connectivity index (χ0) is 49.6. The summed E-state index contributed by atoms with van der Waals surface area (Å²) in [6.07, 6.45) is 5.40. The molecule has 11 rings (SSSR count). The molecule has 0 saturated heterocycles. The fourth-order valence-corrected chi connectivity index (χ4v) is 8.70. The molecule has 0 amide bonds. The molecule has 0 aliphatic carbocycles. The van der Waals surface area contributed by atoms with E-state index in [4.69, 9.17) is 0 Å². The van der Waals surface area contributed by atoms with Crippen LogP contribution in [0.5, 0.6) is 0 Å². The molecule has 0 unspecified atom stereocenters. The Hall–Kier alpha value is -9.00. The van der Waals surface area contributed by atoms with E-state index >= 15 is 52.7 Å². The van der Waals surface area contributed by atoms with Crippen molar-refractivity contribution in [2.24, 2.45) is 0 Å². The molecule has 10 aromatic rings. The molecule has 0 fully saturated rings. The van der Waals surface area contributed by atoms with Crippen LogP contribution in [-0.2, 0) is 0 Å². The molecule has 19 heteroatoms. The number of halogens is 12. The largest absolute Gasteiger partial charge is 0.354 e. The fourth-order valence-electron chi connectivity index (χ4n) is 8.70. The number of aromatic nitrogens is 7. The van der Waals surface area contributed by atoms with Crippen molar-refractivity contribution in [3.05, 3.63) is 191 Å². The number of hydrogen-bond acceptors (Lipinski definition) is 4. The Morgan fingerprint density at radius 1 is 0.254 bits per heavy atom. The lowest BCUT2D eigenvalue weighted by atomic mass is 9.97. The van der Waals surface area contributed by atoms with Gasteiger partial charge >= 0.3 is 0 Å². The molecule has 1 aliphatic heterocycles. The van der Waals surface area contributed by atoms with Crippen molar-refractivity contribution in [1.82, 2.24) is 34.9 Å². The lowest BCUT2D eigenvalue weighted by Crippen LogP contribution is -2.06. The van der Waals surface area contributed by atoms with Gasteiger partial charge in [-0.05, 0) is 84.9 Å². The van der Waals surface area contributed by atoms with E-state index in [1.807, 2.05) is 0 Å². The van der Waals surface area contributed by atoms with E-state index < -0.39 is 159 Å². The predicted molar refractivity (Wildman–Crippen MR) is 241 cm³/mol. The second-order valence-corrected chi connectivity index (χ2v) is 15.9. The number of pyridine rings is 3. The molecule has 8 bridgehead atoms. The highest BCUT2D eigenvalue weighted by Gasteiger charge is 2.34. The molecule has 0 spiro atoms. The molecule has 350 valence electrons. The van der Waals surface area contributed by atoms with Crippen molar-refractivity contribution >= 4 is 45.3 Å². The average Bonchev–Trinajstić information content (AvgIpc) is 4.24. The molecule has 8 heterocycles. The number of hydrogen-bond donors (Lipinski definition) is 3. The second kappa shape index (κ2) is 16.9. The maximum absolute atomic E-state index is 16.8. The van der Waals surface area contributed by atoms with Crippen LogP contribution < -0.4 is 0 Å². The van der Waals surface area contributed by atoms with Gasteiger partial charge in [-0.25, -0.2) is 57.7 Å². The van der Waals surface area contributed by atoms with Crippen LogP contribution in [0, 0.1) is 69.8 Å². The number of fused-ring (bicyclic) bond motifs is 9. The zero-order valence-corrected chi connectivity index (χ0v) is 35.4. The minimum atomic E-state index is -2.02. The molecule has 0 atom stereocenters. The van der Waals surface area contributed by atoms with Crippen molar-refractivity contribution in [2.75, 3.05) is 0 Å². The first kappa shape index (κ1) is 44.5. The van der Waals surface area contributed by atoms with Gasteiger partial charge in [0.1, 0.15) is 0 Å². The highest BCUT2D eigenvalue weighted by molar-refractivity contribution is 6.00. The quantitative estimate of drug-likeness (QED) is 0.114. The van der Waals surface area contributed by atoms with Gasteiger partial charge in [0, 0.05) is 57.3 Å². The molecule has 71 heavy (non-hydrogen) atoms. The maximum Gasteiger partial charge on any atom is 0.172 e. The minimum absolute atomic E-state index is 0.0444. The van der Waals surface area contributed by atoms with Gasteiger partial charge in [0.15, 0.2) is 69.8 Å². The van der Waals surface area contributed by atoms with E-state index in [1.165, 1.54) is 60.7 Å². The van der Waals surface area contributed by atoms with E-state index in [9.17, 15) is 0 Å². The Morgan fingerprint density at radius 2 is 0.507 bits per heavy atom.